The Morgan fingerprint density at radius 2 is 1.94 bits per heavy atom. The van der Waals surface area contributed by atoms with Crippen molar-refractivity contribution in [1.29, 1.82) is 0 Å². The predicted molar refractivity (Wildman–Crippen MR) is 113 cm³/mol. The number of nitrogens with zero attached hydrogens (tertiary/aromatic N) is 1. The minimum Gasteiger partial charge on any atom is -0.497 e. The van der Waals surface area contributed by atoms with Crippen LogP contribution in [0.2, 0.25) is 0 Å². The lowest BCUT2D eigenvalue weighted by Crippen LogP contribution is -2.38. The van der Waals surface area contributed by atoms with Crippen LogP contribution in [0.4, 0.5) is 18.9 Å². The fraction of sp³-hybridized carbons (Fsp3) is 0.348. The molecule has 1 fully saturated rings. The molecule has 5 nitrogen and oxygen atoms in total. The molecule has 4 rings (SSSR count). The van der Waals surface area contributed by atoms with E-state index in [0.717, 1.165) is 35.6 Å². The lowest BCUT2D eigenvalue weighted by molar-refractivity contribution is -0.137. The van der Waals surface area contributed by atoms with Crippen LogP contribution in [0.1, 0.15) is 29.9 Å². The van der Waals surface area contributed by atoms with Crippen molar-refractivity contribution in [3.8, 4) is 5.75 Å². The van der Waals surface area contributed by atoms with E-state index in [2.05, 4.69) is 10.3 Å². The molecule has 2 heterocycles. The fourth-order valence-electron chi connectivity index (χ4n) is 4.22. The summed E-state index contributed by atoms with van der Waals surface area (Å²) in [6.45, 7) is 1.48. The normalized spacial score (nSPS) is 15.9. The zero-order chi connectivity index (χ0) is 22.0. The van der Waals surface area contributed by atoms with E-state index in [0.29, 0.717) is 19.0 Å². The number of carbonyl (C=O) groups is 1. The van der Waals surface area contributed by atoms with Gasteiger partial charge in [0.05, 0.1) is 24.9 Å². The number of aromatic nitrogens is 1. The molecule has 3 aromatic rings. The molecule has 1 aromatic heterocycles. The molecule has 0 atom stereocenters. The average Bonchev–Trinajstić information content (AvgIpc) is 3.17. The standard InChI is InChI=1S/C23H24F3N3O2/c1-31-16-6-7-20-17(12-16)18(13-27-20)15-8-10-29(11-9-15)14-22(30)28-21-5-3-2-4-19(21)23(24,25)26/h2-7,12-13,15,27H,8-11,14H2,1H3,(H,28,30). The number of anilines is 1. The Labute approximate surface area is 178 Å². The third-order valence-corrected chi connectivity index (χ3v) is 5.82. The van der Waals surface area contributed by atoms with Crippen LogP contribution >= 0.6 is 0 Å². The summed E-state index contributed by atoms with van der Waals surface area (Å²) in [5.41, 5.74) is 1.25. The first-order chi connectivity index (χ1) is 14.8. The number of H-pyrrole nitrogens is 1. The van der Waals surface area contributed by atoms with Crippen LogP contribution in [0.5, 0.6) is 5.75 Å². The Morgan fingerprint density at radius 3 is 2.65 bits per heavy atom. The number of hydrogen-bond donors (Lipinski definition) is 2. The van der Waals surface area contributed by atoms with Crippen LogP contribution in [0.25, 0.3) is 10.9 Å². The van der Waals surface area contributed by atoms with E-state index in [-0.39, 0.29) is 12.2 Å². The van der Waals surface area contributed by atoms with Crippen molar-refractivity contribution in [1.82, 2.24) is 9.88 Å². The van der Waals surface area contributed by atoms with Gasteiger partial charge in [0, 0.05) is 17.1 Å². The number of benzene rings is 2. The molecule has 0 saturated carbocycles. The summed E-state index contributed by atoms with van der Waals surface area (Å²) < 4.78 is 44.7. The molecule has 0 radical (unpaired) electrons. The molecule has 0 spiro atoms. The minimum absolute atomic E-state index is 0.0701. The molecule has 1 saturated heterocycles. The van der Waals surface area contributed by atoms with E-state index in [9.17, 15) is 18.0 Å². The predicted octanol–water partition coefficient (Wildman–Crippen LogP) is 5.01. The summed E-state index contributed by atoms with van der Waals surface area (Å²) in [5.74, 6) is 0.722. The molecule has 164 valence electrons. The second-order valence-electron chi connectivity index (χ2n) is 7.80. The van der Waals surface area contributed by atoms with Crippen molar-refractivity contribution in [3.05, 3.63) is 59.8 Å². The first-order valence-electron chi connectivity index (χ1n) is 10.2. The Bertz CT molecular complexity index is 1070. The zero-order valence-corrected chi connectivity index (χ0v) is 17.1. The minimum atomic E-state index is -4.51. The number of piperidine rings is 1. The van der Waals surface area contributed by atoms with Gasteiger partial charge in [-0.1, -0.05) is 12.1 Å². The molecule has 1 aliphatic rings. The molecule has 0 aliphatic carbocycles. The maximum Gasteiger partial charge on any atom is 0.418 e. The van der Waals surface area contributed by atoms with Crippen LogP contribution in [-0.2, 0) is 11.0 Å². The summed E-state index contributed by atoms with van der Waals surface area (Å²) in [5, 5.41) is 3.56. The van der Waals surface area contributed by atoms with Gasteiger partial charge in [0.1, 0.15) is 5.75 Å². The molecule has 0 unspecified atom stereocenters. The Morgan fingerprint density at radius 1 is 1.19 bits per heavy atom. The van der Waals surface area contributed by atoms with E-state index >= 15 is 0 Å². The van der Waals surface area contributed by atoms with Gasteiger partial charge in [0.25, 0.3) is 0 Å². The number of carbonyl (C=O) groups excluding carboxylic acids is 1. The van der Waals surface area contributed by atoms with Crippen LogP contribution < -0.4 is 10.1 Å². The lowest BCUT2D eigenvalue weighted by atomic mass is 9.89. The van der Waals surface area contributed by atoms with E-state index in [1.54, 1.807) is 7.11 Å². The highest BCUT2D eigenvalue weighted by Gasteiger charge is 2.33. The topological polar surface area (TPSA) is 57.4 Å². The number of fused-ring (bicyclic) bond motifs is 1. The highest BCUT2D eigenvalue weighted by Crippen LogP contribution is 2.36. The third-order valence-electron chi connectivity index (χ3n) is 5.82. The van der Waals surface area contributed by atoms with Crippen LogP contribution in [-0.4, -0.2) is 42.5 Å². The molecule has 1 amide bonds. The molecule has 8 heteroatoms. The second kappa shape index (κ2) is 8.63. The third kappa shape index (κ3) is 4.69. The van der Waals surface area contributed by atoms with E-state index in [1.165, 1.54) is 23.8 Å². The van der Waals surface area contributed by atoms with Crippen molar-refractivity contribution in [2.75, 3.05) is 32.1 Å². The van der Waals surface area contributed by atoms with Gasteiger partial charge in [-0.05, 0) is 67.7 Å². The summed E-state index contributed by atoms with van der Waals surface area (Å²) in [6, 6.07) is 11.0. The molecule has 1 aliphatic heterocycles. The van der Waals surface area contributed by atoms with Gasteiger partial charge >= 0.3 is 6.18 Å². The first kappa shape index (κ1) is 21.2. The number of alkyl halides is 3. The quantitative estimate of drug-likeness (QED) is 0.597. The van der Waals surface area contributed by atoms with Crippen molar-refractivity contribution in [2.45, 2.75) is 24.9 Å². The van der Waals surface area contributed by atoms with Gasteiger partial charge in [0.2, 0.25) is 5.91 Å². The zero-order valence-electron chi connectivity index (χ0n) is 17.1. The molecule has 2 N–H and O–H groups in total. The number of hydrogen-bond acceptors (Lipinski definition) is 3. The van der Waals surface area contributed by atoms with E-state index < -0.39 is 17.6 Å². The highest BCUT2D eigenvalue weighted by molar-refractivity contribution is 5.93. The summed E-state index contributed by atoms with van der Waals surface area (Å²) in [6.07, 6.45) is -0.734. The summed E-state index contributed by atoms with van der Waals surface area (Å²) >= 11 is 0. The Kier molecular flexibility index (Phi) is 5.91. The number of ether oxygens (including phenoxy) is 1. The highest BCUT2D eigenvalue weighted by atomic mass is 19.4. The van der Waals surface area contributed by atoms with Gasteiger partial charge in [-0.2, -0.15) is 13.2 Å². The van der Waals surface area contributed by atoms with Crippen LogP contribution in [0.15, 0.2) is 48.7 Å². The molecular weight excluding hydrogens is 407 g/mol. The molecule has 2 aromatic carbocycles. The maximum atomic E-state index is 13.1. The second-order valence-corrected chi connectivity index (χ2v) is 7.80. The van der Waals surface area contributed by atoms with Gasteiger partial charge < -0.3 is 15.0 Å². The van der Waals surface area contributed by atoms with Gasteiger partial charge in [-0.25, -0.2) is 0 Å². The summed E-state index contributed by atoms with van der Waals surface area (Å²) in [7, 11) is 1.64. The number of halogens is 3. The number of rotatable bonds is 5. The lowest BCUT2D eigenvalue weighted by Gasteiger charge is -2.31. The van der Waals surface area contributed by atoms with Crippen LogP contribution in [0, 0.1) is 0 Å². The number of likely N-dealkylation sites (tertiary alicyclic amines) is 1. The number of amides is 1. The first-order valence-corrected chi connectivity index (χ1v) is 10.2. The number of nitrogens with one attached hydrogen (secondary N) is 2. The van der Waals surface area contributed by atoms with E-state index in [4.69, 9.17) is 4.74 Å². The average molecular weight is 431 g/mol. The summed E-state index contributed by atoms with van der Waals surface area (Å²) in [4.78, 5) is 17.7. The smallest absolute Gasteiger partial charge is 0.418 e. The van der Waals surface area contributed by atoms with Crippen LogP contribution in [0.3, 0.4) is 0 Å². The molecular formula is C23H24F3N3O2. The molecule has 31 heavy (non-hydrogen) atoms. The Balaban J connectivity index is 1.36. The van der Waals surface area contributed by atoms with Gasteiger partial charge in [-0.3, -0.25) is 9.69 Å². The number of para-hydroxylation sites is 1. The van der Waals surface area contributed by atoms with Crippen molar-refractivity contribution < 1.29 is 22.7 Å². The SMILES string of the molecule is COc1ccc2[nH]cc(C3CCN(CC(=O)Nc4ccccc4C(F)(F)F)CC3)c2c1. The van der Waals surface area contributed by atoms with Crippen molar-refractivity contribution in [2.24, 2.45) is 0 Å². The van der Waals surface area contributed by atoms with Crippen molar-refractivity contribution in [3.63, 3.8) is 0 Å². The number of methoxy groups -OCH3 is 1. The van der Waals surface area contributed by atoms with Gasteiger partial charge in [-0.15, -0.1) is 0 Å². The number of aromatic amines is 1. The Hall–Kier alpha value is -3.00. The largest absolute Gasteiger partial charge is 0.497 e. The van der Waals surface area contributed by atoms with Crippen molar-refractivity contribution >= 4 is 22.5 Å². The van der Waals surface area contributed by atoms with Gasteiger partial charge in [0.15, 0.2) is 0 Å². The molecule has 0 bridgehead atoms. The monoisotopic (exact) mass is 431 g/mol. The maximum absolute atomic E-state index is 13.1. The fourth-order valence-corrected chi connectivity index (χ4v) is 4.22. The van der Waals surface area contributed by atoms with E-state index in [1.807, 2.05) is 29.3 Å².